The molecule has 232 valence electrons. The van der Waals surface area contributed by atoms with Crippen LogP contribution in [0.5, 0.6) is 17.2 Å². The van der Waals surface area contributed by atoms with Crippen LogP contribution in [0, 0.1) is 6.92 Å². The fourth-order valence-corrected chi connectivity index (χ4v) is 5.39. The lowest BCUT2D eigenvalue weighted by Gasteiger charge is -2.39. The number of nitrogens with one attached hydrogen (secondary N) is 1. The van der Waals surface area contributed by atoms with E-state index in [0.29, 0.717) is 65.8 Å². The Labute approximate surface area is 252 Å². The molecule has 0 fully saturated rings. The number of alkyl halides is 3. The molecule has 0 bridgehead atoms. The van der Waals surface area contributed by atoms with E-state index in [2.05, 4.69) is 10.3 Å². The number of benzene rings is 3. The van der Waals surface area contributed by atoms with E-state index in [1.54, 1.807) is 32.1 Å². The fraction of sp³-hybridized carbons (Fsp3) is 0.312. The lowest BCUT2D eigenvalue weighted by molar-refractivity contribution is -0.137. The van der Waals surface area contributed by atoms with E-state index in [1.165, 1.54) is 18.7 Å². The van der Waals surface area contributed by atoms with Crippen molar-refractivity contribution in [2.75, 3.05) is 33.1 Å². The summed E-state index contributed by atoms with van der Waals surface area (Å²) in [5.41, 5.74) is 9.83. The maximum atomic E-state index is 13.5. The molecule has 0 spiro atoms. The Morgan fingerprint density at radius 1 is 1.07 bits per heavy atom. The molecule has 1 aliphatic heterocycles. The van der Waals surface area contributed by atoms with Crippen molar-refractivity contribution in [3.8, 4) is 17.2 Å². The van der Waals surface area contributed by atoms with Gasteiger partial charge < -0.3 is 34.6 Å². The van der Waals surface area contributed by atoms with Gasteiger partial charge in [0.25, 0.3) is 0 Å². The summed E-state index contributed by atoms with van der Waals surface area (Å²) in [7, 11) is 3.10. The highest BCUT2D eigenvalue weighted by Crippen LogP contribution is 2.43. The number of aromatic nitrogens is 1. The number of urea groups is 1. The van der Waals surface area contributed by atoms with Crippen LogP contribution in [-0.4, -0.2) is 43.3 Å². The van der Waals surface area contributed by atoms with Crippen molar-refractivity contribution in [2.45, 2.75) is 38.5 Å². The quantitative estimate of drug-likeness (QED) is 0.221. The van der Waals surface area contributed by atoms with Crippen molar-refractivity contribution in [3.63, 3.8) is 0 Å². The molecule has 4 aromatic rings. The van der Waals surface area contributed by atoms with Crippen molar-refractivity contribution in [1.82, 2.24) is 15.2 Å². The number of hydrogen-bond donors (Lipinski definition) is 2. The number of nitrogens with zero attached hydrogens (tertiary/aromatic N) is 2. The summed E-state index contributed by atoms with van der Waals surface area (Å²) in [4.78, 5) is 19.2. The third-order valence-electron chi connectivity index (χ3n) is 7.66. The van der Waals surface area contributed by atoms with Gasteiger partial charge in [0.05, 0.1) is 50.4 Å². The standard InChI is InChI=1S/C32H33F3N4O5/c1-19-12-22(32(33,34)35)5-6-24(19)30-25-15-29(44-11-9-20-4-7-26(36)27(13-20)41-2)28(42-3)14-21(25)8-10-39(30)31(40)37-16-23-17-43-18-38-23/h4-7,12-15,17-18,30H,8-11,16,36H2,1-3H3,(H,37,40). The predicted octanol–water partition coefficient (Wildman–Crippen LogP) is 6.08. The molecule has 1 atom stereocenters. The zero-order valence-corrected chi connectivity index (χ0v) is 24.5. The second kappa shape index (κ2) is 12.8. The highest BCUT2D eigenvalue weighted by molar-refractivity contribution is 5.76. The maximum absolute atomic E-state index is 13.5. The summed E-state index contributed by atoms with van der Waals surface area (Å²) in [6.07, 6.45) is -0.740. The number of methoxy groups -OCH3 is 2. The molecule has 0 saturated heterocycles. The SMILES string of the molecule is COc1cc(CCOc2cc3c(cc2OC)CCN(C(=O)NCc2cocn2)C3c2ccc(C(F)(F)F)cc2C)ccc1N. The van der Waals surface area contributed by atoms with E-state index in [4.69, 9.17) is 24.4 Å². The molecule has 0 radical (unpaired) electrons. The van der Waals surface area contributed by atoms with Crippen molar-refractivity contribution in [2.24, 2.45) is 0 Å². The second-order valence-electron chi connectivity index (χ2n) is 10.4. The number of nitrogen functional groups attached to an aromatic ring is 1. The van der Waals surface area contributed by atoms with Gasteiger partial charge in [-0.05, 0) is 77.6 Å². The van der Waals surface area contributed by atoms with Crippen LogP contribution >= 0.6 is 0 Å². The number of anilines is 1. The number of carbonyl (C=O) groups is 1. The Morgan fingerprint density at radius 3 is 2.55 bits per heavy atom. The average molecular weight is 611 g/mol. The number of amides is 2. The number of oxazole rings is 1. The van der Waals surface area contributed by atoms with Gasteiger partial charge in [-0.15, -0.1) is 0 Å². The fourth-order valence-electron chi connectivity index (χ4n) is 5.39. The number of carbonyl (C=O) groups excluding carboxylic acids is 1. The maximum Gasteiger partial charge on any atom is 0.416 e. The van der Waals surface area contributed by atoms with Crippen molar-refractivity contribution < 1.29 is 36.6 Å². The van der Waals surface area contributed by atoms with Crippen molar-refractivity contribution in [3.05, 3.63) is 100 Å². The summed E-state index contributed by atoms with van der Waals surface area (Å²) in [5, 5.41) is 2.85. The first-order chi connectivity index (χ1) is 21.1. The van der Waals surface area contributed by atoms with Crippen molar-refractivity contribution in [1.29, 1.82) is 0 Å². The zero-order valence-electron chi connectivity index (χ0n) is 24.5. The number of nitrogens with two attached hydrogens (primary N) is 1. The Balaban J connectivity index is 1.48. The van der Waals surface area contributed by atoms with Gasteiger partial charge in [-0.1, -0.05) is 12.1 Å². The van der Waals surface area contributed by atoms with Gasteiger partial charge in [0.2, 0.25) is 0 Å². The van der Waals surface area contributed by atoms with E-state index in [9.17, 15) is 18.0 Å². The molecule has 1 unspecified atom stereocenters. The highest BCUT2D eigenvalue weighted by atomic mass is 19.4. The van der Waals surface area contributed by atoms with Crippen LogP contribution in [0.4, 0.5) is 23.7 Å². The molecular formula is C32H33F3N4O5. The van der Waals surface area contributed by atoms with Crippen LogP contribution in [0.2, 0.25) is 0 Å². The summed E-state index contributed by atoms with van der Waals surface area (Å²) in [6, 6.07) is 11.7. The van der Waals surface area contributed by atoms with Gasteiger partial charge in [-0.25, -0.2) is 9.78 Å². The van der Waals surface area contributed by atoms with E-state index >= 15 is 0 Å². The molecule has 3 N–H and O–H groups in total. The minimum Gasteiger partial charge on any atom is -0.495 e. The lowest BCUT2D eigenvalue weighted by Crippen LogP contribution is -2.46. The van der Waals surface area contributed by atoms with E-state index in [-0.39, 0.29) is 6.54 Å². The molecule has 1 aromatic heterocycles. The number of hydrogen-bond acceptors (Lipinski definition) is 7. The summed E-state index contributed by atoms with van der Waals surface area (Å²) >= 11 is 0. The number of rotatable bonds is 9. The number of ether oxygens (including phenoxy) is 3. The van der Waals surface area contributed by atoms with Crippen LogP contribution in [0.15, 0.2) is 65.6 Å². The van der Waals surface area contributed by atoms with Gasteiger partial charge in [0.15, 0.2) is 17.9 Å². The van der Waals surface area contributed by atoms with E-state index in [1.807, 2.05) is 24.3 Å². The number of fused-ring (bicyclic) bond motifs is 1. The Bertz CT molecular complexity index is 1630. The topological polar surface area (TPSA) is 112 Å². The predicted molar refractivity (Wildman–Crippen MR) is 157 cm³/mol. The largest absolute Gasteiger partial charge is 0.495 e. The van der Waals surface area contributed by atoms with Crippen LogP contribution in [0.1, 0.15) is 45.1 Å². The zero-order chi connectivity index (χ0) is 31.4. The minimum atomic E-state index is -4.49. The molecule has 2 heterocycles. The van der Waals surface area contributed by atoms with Crippen LogP contribution < -0.4 is 25.3 Å². The Kier molecular flexibility index (Phi) is 8.88. The molecule has 9 nitrogen and oxygen atoms in total. The summed E-state index contributed by atoms with van der Waals surface area (Å²) < 4.78 is 62.7. The van der Waals surface area contributed by atoms with Gasteiger partial charge in [0, 0.05) is 13.0 Å². The normalized spacial score (nSPS) is 14.6. The molecule has 2 amide bonds. The van der Waals surface area contributed by atoms with Gasteiger partial charge in [0.1, 0.15) is 12.0 Å². The molecule has 3 aromatic carbocycles. The third kappa shape index (κ3) is 6.53. The van der Waals surface area contributed by atoms with Crippen LogP contribution in [-0.2, 0) is 25.6 Å². The molecule has 44 heavy (non-hydrogen) atoms. The summed E-state index contributed by atoms with van der Waals surface area (Å²) in [5.74, 6) is 1.55. The molecule has 5 rings (SSSR count). The van der Waals surface area contributed by atoms with Crippen LogP contribution in [0.25, 0.3) is 0 Å². The van der Waals surface area contributed by atoms with Gasteiger partial charge in [-0.3, -0.25) is 0 Å². The second-order valence-corrected chi connectivity index (χ2v) is 10.4. The third-order valence-corrected chi connectivity index (χ3v) is 7.66. The summed E-state index contributed by atoms with van der Waals surface area (Å²) in [6.45, 7) is 2.37. The van der Waals surface area contributed by atoms with Crippen molar-refractivity contribution >= 4 is 11.7 Å². The van der Waals surface area contributed by atoms with Gasteiger partial charge in [-0.2, -0.15) is 13.2 Å². The monoisotopic (exact) mass is 610 g/mol. The smallest absolute Gasteiger partial charge is 0.416 e. The molecule has 12 heteroatoms. The minimum absolute atomic E-state index is 0.129. The molecular weight excluding hydrogens is 577 g/mol. The number of aryl methyl sites for hydroxylation is 1. The first kappa shape index (κ1) is 30.6. The number of halogens is 3. The van der Waals surface area contributed by atoms with E-state index < -0.39 is 23.8 Å². The molecule has 0 saturated carbocycles. The van der Waals surface area contributed by atoms with E-state index in [0.717, 1.165) is 28.8 Å². The molecule has 0 aliphatic carbocycles. The first-order valence-electron chi connectivity index (χ1n) is 13.9. The van der Waals surface area contributed by atoms with Crippen LogP contribution in [0.3, 0.4) is 0 Å². The first-order valence-corrected chi connectivity index (χ1v) is 13.9. The average Bonchev–Trinajstić information content (AvgIpc) is 3.53. The Hall–Kier alpha value is -4.87. The molecule has 1 aliphatic rings. The Morgan fingerprint density at radius 2 is 1.86 bits per heavy atom. The highest BCUT2D eigenvalue weighted by Gasteiger charge is 2.36. The van der Waals surface area contributed by atoms with Gasteiger partial charge >= 0.3 is 12.2 Å². The lowest BCUT2D eigenvalue weighted by atomic mass is 9.85.